The van der Waals surface area contributed by atoms with Crippen molar-refractivity contribution >= 4 is 11.6 Å². The normalized spacial score (nSPS) is 20.8. The van der Waals surface area contributed by atoms with E-state index in [2.05, 4.69) is 15.9 Å². The fourth-order valence-corrected chi connectivity index (χ4v) is 1.66. The monoisotopic (exact) mass is 213 g/mol. The van der Waals surface area contributed by atoms with Gasteiger partial charge in [-0.05, 0) is 12.5 Å². The Labute approximate surface area is 90.5 Å². The molecule has 0 aromatic rings. The van der Waals surface area contributed by atoms with Gasteiger partial charge in [0.05, 0.1) is 12.6 Å². The third kappa shape index (κ3) is 3.67. The van der Waals surface area contributed by atoms with E-state index >= 15 is 0 Å². The summed E-state index contributed by atoms with van der Waals surface area (Å²) in [6, 6.07) is 2.18. The van der Waals surface area contributed by atoms with Crippen LogP contribution in [0.5, 0.6) is 0 Å². The molecule has 1 heterocycles. The summed E-state index contributed by atoms with van der Waals surface area (Å²) < 4.78 is 0. The van der Waals surface area contributed by atoms with Crippen LogP contribution in [0.4, 0.5) is 0 Å². The van der Waals surface area contributed by atoms with E-state index in [-0.39, 0.29) is 0 Å². The van der Waals surface area contributed by atoms with Gasteiger partial charge in [-0.15, -0.1) is 0 Å². The van der Waals surface area contributed by atoms with E-state index in [1.54, 1.807) is 5.54 Å². The number of nitrogens with zero attached hydrogens (tertiary/aromatic N) is 3. The molecule has 1 rings (SSSR count). The number of hydrogen-bond donors (Lipinski definition) is 0. The maximum Gasteiger partial charge on any atom is 0.0866 e. The third-order valence-electron chi connectivity index (χ3n) is 2.42. The second-order valence-corrected chi connectivity index (χ2v) is 3.88. The highest BCUT2D eigenvalue weighted by molar-refractivity contribution is 6.25. The van der Waals surface area contributed by atoms with Crippen LogP contribution >= 0.6 is 11.6 Å². The molecule has 1 aliphatic rings. The fourth-order valence-electron chi connectivity index (χ4n) is 1.59. The van der Waals surface area contributed by atoms with Crippen LogP contribution in [-0.4, -0.2) is 49.1 Å². The van der Waals surface area contributed by atoms with Gasteiger partial charge in [0.15, 0.2) is 0 Å². The largest absolute Gasteiger partial charge is 0.297 e. The van der Waals surface area contributed by atoms with Gasteiger partial charge in [0.25, 0.3) is 0 Å². The van der Waals surface area contributed by atoms with Crippen molar-refractivity contribution in [2.24, 2.45) is 0 Å². The van der Waals surface area contributed by atoms with Gasteiger partial charge >= 0.3 is 0 Å². The third-order valence-corrected chi connectivity index (χ3v) is 2.79. The predicted octanol–water partition coefficient (Wildman–Crippen LogP) is 1.27. The molecule has 0 amide bonds. The van der Waals surface area contributed by atoms with Crippen LogP contribution in [-0.2, 0) is 0 Å². The first-order valence-electron chi connectivity index (χ1n) is 4.83. The minimum absolute atomic E-state index is 0.554. The van der Waals surface area contributed by atoms with Crippen LogP contribution in [0.25, 0.3) is 0 Å². The molecule has 0 saturated carbocycles. The molecule has 3 nitrogen and oxygen atoms in total. The molecule has 1 aliphatic heterocycles. The van der Waals surface area contributed by atoms with Crippen molar-refractivity contribution in [1.82, 2.24) is 9.80 Å². The number of hydrogen-bond acceptors (Lipinski definition) is 3. The van der Waals surface area contributed by atoms with Crippen LogP contribution in [0, 0.1) is 11.3 Å². The molecule has 14 heavy (non-hydrogen) atoms. The molecule has 4 heteroatoms. The zero-order chi connectivity index (χ0) is 10.4. The smallest absolute Gasteiger partial charge is 0.0866 e. The van der Waals surface area contributed by atoms with Gasteiger partial charge < -0.3 is 0 Å². The van der Waals surface area contributed by atoms with Gasteiger partial charge in [0.1, 0.15) is 0 Å². The van der Waals surface area contributed by atoms with Crippen LogP contribution in [0.3, 0.4) is 0 Å². The lowest BCUT2D eigenvalue weighted by atomic mass is 10.2. The van der Waals surface area contributed by atoms with Crippen molar-refractivity contribution in [2.45, 2.75) is 6.92 Å². The zero-order valence-corrected chi connectivity index (χ0v) is 9.30. The summed E-state index contributed by atoms with van der Waals surface area (Å²) in [5, 5.41) is 8.54. The minimum Gasteiger partial charge on any atom is -0.297 e. The van der Waals surface area contributed by atoms with E-state index in [9.17, 15) is 0 Å². The van der Waals surface area contributed by atoms with E-state index in [0.717, 1.165) is 32.7 Å². The van der Waals surface area contributed by atoms with Gasteiger partial charge in [-0.2, -0.15) is 5.26 Å². The SMILES string of the molecule is CC(=CCl)CN1CCN(CC#N)CC1. The summed E-state index contributed by atoms with van der Waals surface area (Å²) in [5.74, 6) is 0. The molecule has 0 N–H and O–H groups in total. The first kappa shape index (κ1) is 11.5. The van der Waals surface area contributed by atoms with Gasteiger partial charge in [-0.1, -0.05) is 11.6 Å². The van der Waals surface area contributed by atoms with Crippen molar-refractivity contribution in [3.63, 3.8) is 0 Å². The molecule has 78 valence electrons. The van der Waals surface area contributed by atoms with E-state index in [0.29, 0.717) is 6.54 Å². The molecule has 1 saturated heterocycles. The van der Waals surface area contributed by atoms with E-state index < -0.39 is 0 Å². The Bertz CT molecular complexity index is 236. The average molecular weight is 214 g/mol. The highest BCUT2D eigenvalue weighted by atomic mass is 35.5. The molecule has 0 unspecified atom stereocenters. The Kier molecular flexibility index (Phi) is 4.95. The summed E-state index contributed by atoms with van der Waals surface area (Å²) in [6.45, 7) is 7.58. The quantitative estimate of drug-likeness (QED) is 0.662. The van der Waals surface area contributed by atoms with Gasteiger partial charge in [-0.25, -0.2) is 0 Å². The molecule has 0 radical (unpaired) electrons. The van der Waals surface area contributed by atoms with Gasteiger partial charge in [0.2, 0.25) is 0 Å². The van der Waals surface area contributed by atoms with Gasteiger partial charge in [0, 0.05) is 38.3 Å². The van der Waals surface area contributed by atoms with Crippen LogP contribution in [0.15, 0.2) is 11.1 Å². The Balaban J connectivity index is 2.26. The molecule has 0 spiro atoms. The Morgan fingerprint density at radius 2 is 1.93 bits per heavy atom. The second-order valence-electron chi connectivity index (χ2n) is 3.67. The highest BCUT2D eigenvalue weighted by Gasteiger charge is 2.15. The molecule has 0 atom stereocenters. The van der Waals surface area contributed by atoms with E-state index in [1.165, 1.54) is 5.57 Å². The lowest BCUT2D eigenvalue weighted by molar-refractivity contribution is 0.153. The highest BCUT2D eigenvalue weighted by Crippen LogP contribution is 2.05. The summed E-state index contributed by atoms with van der Waals surface area (Å²) >= 11 is 5.61. The van der Waals surface area contributed by atoms with Crippen molar-refractivity contribution < 1.29 is 0 Å². The fraction of sp³-hybridized carbons (Fsp3) is 0.700. The maximum absolute atomic E-state index is 8.54. The predicted molar refractivity (Wildman–Crippen MR) is 58.1 cm³/mol. The first-order chi connectivity index (χ1) is 6.76. The van der Waals surface area contributed by atoms with Crippen molar-refractivity contribution in [3.8, 4) is 6.07 Å². The van der Waals surface area contributed by atoms with E-state index in [4.69, 9.17) is 16.9 Å². The topological polar surface area (TPSA) is 30.3 Å². The van der Waals surface area contributed by atoms with Crippen LogP contribution in [0.1, 0.15) is 6.92 Å². The summed E-state index contributed by atoms with van der Waals surface area (Å²) in [4.78, 5) is 4.54. The van der Waals surface area contributed by atoms with Gasteiger partial charge in [-0.3, -0.25) is 9.80 Å². The van der Waals surface area contributed by atoms with Crippen molar-refractivity contribution in [3.05, 3.63) is 11.1 Å². The zero-order valence-electron chi connectivity index (χ0n) is 8.54. The number of rotatable bonds is 3. The molecule has 0 bridgehead atoms. The minimum atomic E-state index is 0.554. The number of nitriles is 1. The average Bonchev–Trinajstić information content (AvgIpc) is 2.21. The van der Waals surface area contributed by atoms with Crippen molar-refractivity contribution in [2.75, 3.05) is 39.3 Å². The molecule has 0 aromatic carbocycles. The Hall–Kier alpha value is -0.560. The summed E-state index contributed by atoms with van der Waals surface area (Å²) in [7, 11) is 0. The van der Waals surface area contributed by atoms with Crippen LogP contribution < -0.4 is 0 Å². The Morgan fingerprint density at radius 3 is 2.43 bits per heavy atom. The summed E-state index contributed by atoms with van der Waals surface area (Å²) in [5.41, 5.74) is 2.84. The Morgan fingerprint density at radius 1 is 1.36 bits per heavy atom. The lowest BCUT2D eigenvalue weighted by Gasteiger charge is -2.33. The number of piperazine rings is 1. The van der Waals surface area contributed by atoms with E-state index in [1.807, 2.05) is 6.92 Å². The molecular formula is C10H16ClN3. The number of halogens is 1. The standard InChI is InChI=1S/C10H16ClN3/c1-10(8-11)9-14-6-4-13(3-2-12)5-7-14/h8H,3-7,9H2,1H3. The second kappa shape index (κ2) is 6.02. The first-order valence-corrected chi connectivity index (χ1v) is 5.27. The van der Waals surface area contributed by atoms with Crippen molar-refractivity contribution in [1.29, 1.82) is 5.26 Å². The molecule has 0 aromatic heterocycles. The summed E-state index contributed by atoms with van der Waals surface area (Å²) in [6.07, 6.45) is 0. The molecule has 0 aliphatic carbocycles. The van der Waals surface area contributed by atoms with Crippen LogP contribution in [0.2, 0.25) is 0 Å². The molecule has 1 fully saturated rings. The lowest BCUT2D eigenvalue weighted by Crippen LogP contribution is -2.46. The maximum atomic E-state index is 8.54. The molecular weight excluding hydrogens is 198 g/mol.